The monoisotopic (exact) mass is 427 g/mol. The Kier molecular flexibility index (Phi) is 6.87. The molecule has 0 aliphatic carbocycles. The fourth-order valence-electron chi connectivity index (χ4n) is 2.48. The second-order valence-corrected chi connectivity index (χ2v) is 7.87. The summed E-state index contributed by atoms with van der Waals surface area (Å²) in [6.07, 6.45) is 1.65. The van der Waals surface area contributed by atoms with Crippen molar-refractivity contribution in [3.63, 3.8) is 0 Å². The summed E-state index contributed by atoms with van der Waals surface area (Å²) in [6, 6.07) is 17.8. The van der Waals surface area contributed by atoms with E-state index in [1.807, 2.05) is 6.07 Å². The van der Waals surface area contributed by atoms with E-state index in [1.165, 1.54) is 31.4 Å². The van der Waals surface area contributed by atoms with Gasteiger partial charge in [0.05, 0.1) is 24.2 Å². The topological polar surface area (TPSA) is 107 Å². The Morgan fingerprint density at radius 3 is 2.30 bits per heavy atom. The number of amides is 1. The zero-order valence-electron chi connectivity index (χ0n) is 16.2. The van der Waals surface area contributed by atoms with Crippen LogP contribution in [-0.4, -0.2) is 33.0 Å². The van der Waals surface area contributed by atoms with Gasteiger partial charge in [0.15, 0.2) is 6.61 Å². The van der Waals surface area contributed by atoms with Crippen LogP contribution in [0.2, 0.25) is 0 Å². The zero-order valence-corrected chi connectivity index (χ0v) is 17.1. The minimum absolute atomic E-state index is 0.0743. The molecule has 0 aliphatic heterocycles. The molecule has 2 N–H and O–H groups in total. The molecule has 0 unspecified atom stereocenters. The molecule has 0 radical (unpaired) electrons. The van der Waals surface area contributed by atoms with Crippen LogP contribution < -0.4 is 19.5 Å². The van der Waals surface area contributed by atoms with Crippen molar-refractivity contribution in [2.75, 3.05) is 18.4 Å². The molecule has 30 heavy (non-hydrogen) atoms. The lowest BCUT2D eigenvalue weighted by atomic mass is 10.3. The first-order valence-electron chi connectivity index (χ1n) is 9.02. The summed E-state index contributed by atoms with van der Waals surface area (Å²) in [4.78, 5) is 16.1. The van der Waals surface area contributed by atoms with Gasteiger partial charge in [0.25, 0.3) is 15.9 Å². The van der Waals surface area contributed by atoms with E-state index >= 15 is 0 Å². The molecule has 1 heterocycles. The first kappa shape index (κ1) is 21.1. The van der Waals surface area contributed by atoms with Gasteiger partial charge in [0.1, 0.15) is 11.5 Å². The predicted octanol–water partition coefficient (Wildman–Crippen LogP) is 2.59. The first-order valence-corrected chi connectivity index (χ1v) is 10.5. The summed E-state index contributed by atoms with van der Waals surface area (Å²) in [5, 5.41) is 2.70. The molecule has 0 spiro atoms. The molecule has 3 rings (SSSR count). The van der Waals surface area contributed by atoms with Gasteiger partial charge in [-0.05, 0) is 60.7 Å². The Hall–Kier alpha value is -3.59. The van der Waals surface area contributed by atoms with Crippen LogP contribution in [0.15, 0.2) is 77.8 Å². The number of ether oxygens (including phenoxy) is 2. The number of rotatable bonds is 9. The Morgan fingerprint density at radius 2 is 1.67 bits per heavy atom. The number of methoxy groups -OCH3 is 1. The number of nitrogens with zero attached hydrogens (tertiary/aromatic N) is 1. The van der Waals surface area contributed by atoms with Gasteiger partial charge in [0.2, 0.25) is 0 Å². The second-order valence-electron chi connectivity index (χ2n) is 6.19. The number of hydrogen-bond acceptors (Lipinski definition) is 6. The number of carbonyl (C=O) groups is 1. The van der Waals surface area contributed by atoms with E-state index in [1.54, 1.807) is 42.6 Å². The largest absolute Gasteiger partial charge is 0.497 e. The van der Waals surface area contributed by atoms with Crippen molar-refractivity contribution >= 4 is 21.6 Å². The van der Waals surface area contributed by atoms with Crippen LogP contribution in [0.5, 0.6) is 11.5 Å². The fraction of sp³-hybridized carbons (Fsp3) is 0.143. The van der Waals surface area contributed by atoms with Crippen molar-refractivity contribution in [1.82, 2.24) is 10.3 Å². The average molecular weight is 427 g/mol. The minimum atomic E-state index is -3.75. The van der Waals surface area contributed by atoms with E-state index in [4.69, 9.17) is 9.47 Å². The van der Waals surface area contributed by atoms with Crippen molar-refractivity contribution in [2.45, 2.75) is 11.4 Å². The maximum atomic E-state index is 12.5. The molecule has 3 aromatic rings. The highest BCUT2D eigenvalue weighted by atomic mass is 32.2. The zero-order chi connectivity index (χ0) is 21.4. The Labute approximate surface area is 174 Å². The molecule has 0 atom stereocenters. The van der Waals surface area contributed by atoms with Gasteiger partial charge in [-0.3, -0.25) is 14.5 Å². The van der Waals surface area contributed by atoms with Gasteiger partial charge in [-0.25, -0.2) is 8.42 Å². The van der Waals surface area contributed by atoms with Crippen LogP contribution in [0.25, 0.3) is 0 Å². The summed E-state index contributed by atoms with van der Waals surface area (Å²) in [7, 11) is -2.22. The van der Waals surface area contributed by atoms with Gasteiger partial charge >= 0.3 is 0 Å². The molecule has 0 saturated heterocycles. The third-order valence-corrected chi connectivity index (χ3v) is 5.44. The molecular formula is C21H21N3O5S. The third-order valence-electron chi connectivity index (χ3n) is 4.04. The van der Waals surface area contributed by atoms with Crippen LogP contribution in [0.3, 0.4) is 0 Å². The van der Waals surface area contributed by atoms with Crippen LogP contribution in [-0.2, 0) is 21.4 Å². The van der Waals surface area contributed by atoms with Crippen molar-refractivity contribution in [2.24, 2.45) is 0 Å². The highest BCUT2D eigenvalue weighted by Gasteiger charge is 2.14. The van der Waals surface area contributed by atoms with Crippen LogP contribution in [0.1, 0.15) is 5.69 Å². The summed E-state index contributed by atoms with van der Waals surface area (Å²) in [5.41, 5.74) is 1.16. The second kappa shape index (κ2) is 9.75. The summed E-state index contributed by atoms with van der Waals surface area (Å²) >= 11 is 0. The Bertz CT molecular complexity index is 1070. The van der Waals surface area contributed by atoms with Crippen LogP contribution in [0.4, 0.5) is 5.69 Å². The van der Waals surface area contributed by atoms with Gasteiger partial charge in [-0.1, -0.05) is 6.07 Å². The number of anilines is 1. The summed E-state index contributed by atoms with van der Waals surface area (Å²) in [5.74, 6) is 0.702. The number of nitrogens with one attached hydrogen (secondary N) is 2. The molecule has 9 heteroatoms. The van der Waals surface area contributed by atoms with Crippen LogP contribution in [0, 0.1) is 0 Å². The molecule has 1 aromatic heterocycles. The van der Waals surface area contributed by atoms with Gasteiger partial charge < -0.3 is 14.8 Å². The molecule has 0 fully saturated rings. The van der Waals surface area contributed by atoms with Gasteiger partial charge in [0, 0.05) is 11.9 Å². The number of carbonyl (C=O) groups excluding carboxylic acids is 1. The summed E-state index contributed by atoms with van der Waals surface area (Å²) < 4.78 is 38.0. The highest BCUT2D eigenvalue weighted by molar-refractivity contribution is 7.92. The molecule has 0 bridgehead atoms. The highest BCUT2D eigenvalue weighted by Crippen LogP contribution is 2.21. The standard InChI is InChI=1S/C21H21N3O5S/c1-28-18-7-5-16(6-8-18)24-30(26,27)20-11-9-19(10-12-20)29-15-21(25)23-14-17-4-2-3-13-22-17/h2-13,24H,14-15H2,1H3,(H,23,25). The number of benzene rings is 2. The Morgan fingerprint density at radius 1 is 0.967 bits per heavy atom. The van der Waals surface area contributed by atoms with E-state index in [2.05, 4.69) is 15.0 Å². The lowest BCUT2D eigenvalue weighted by molar-refractivity contribution is -0.123. The van der Waals surface area contributed by atoms with Crippen molar-refractivity contribution < 1.29 is 22.7 Å². The molecule has 1 amide bonds. The average Bonchev–Trinajstić information content (AvgIpc) is 2.77. The van der Waals surface area contributed by atoms with E-state index < -0.39 is 10.0 Å². The van der Waals surface area contributed by atoms with Gasteiger partial charge in [-0.2, -0.15) is 0 Å². The Balaban J connectivity index is 1.52. The molecule has 156 valence electrons. The molecule has 0 aliphatic rings. The number of sulfonamides is 1. The van der Waals surface area contributed by atoms with Crippen molar-refractivity contribution in [1.29, 1.82) is 0 Å². The number of aromatic nitrogens is 1. The third kappa shape index (κ3) is 5.95. The molecular weight excluding hydrogens is 406 g/mol. The number of hydrogen-bond donors (Lipinski definition) is 2. The SMILES string of the molecule is COc1ccc(NS(=O)(=O)c2ccc(OCC(=O)NCc3ccccn3)cc2)cc1. The predicted molar refractivity (Wildman–Crippen MR) is 112 cm³/mol. The normalized spacial score (nSPS) is 10.8. The lowest BCUT2D eigenvalue weighted by Crippen LogP contribution is -2.28. The first-order chi connectivity index (χ1) is 14.5. The molecule has 0 saturated carbocycles. The van der Waals surface area contributed by atoms with E-state index in [0.29, 0.717) is 23.7 Å². The lowest BCUT2D eigenvalue weighted by Gasteiger charge is -2.10. The quantitative estimate of drug-likeness (QED) is 0.544. The maximum Gasteiger partial charge on any atom is 0.261 e. The maximum absolute atomic E-state index is 12.5. The van der Waals surface area contributed by atoms with Crippen LogP contribution >= 0.6 is 0 Å². The smallest absolute Gasteiger partial charge is 0.261 e. The van der Waals surface area contributed by atoms with E-state index in [-0.39, 0.29) is 17.4 Å². The number of pyridine rings is 1. The minimum Gasteiger partial charge on any atom is -0.497 e. The molecule has 8 nitrogen and oxygen atoms in total. The fourth-order valence-corrected chi connectivity index (χ4v) is 3.54. The summed E-state index contributed by atoms with van der Waals surface area (Å²) in [6.45, 7) is 0.111. The van der Waals surface area contributed by atoms with E-state index in [9.17, 15) is 13.2 Å². The molecule has 2 aromatic carbocycles. The van der Waals surface area contributed by atoms with Crippen molar-refractivity contribution in [3.8, 4) is 11.5 Å². The van der Waals surface area contributed by atoms with E-state index in [0.717, 1.165) is 5.69 Å². The van der Waals surface area contributed by atoms with Crippen molar-refractivity contribution in [3.05, 3.63) is 78.6 Å². The van der Waals surface area contributed by atoms with Gasteiger partial charge in [-0.15, -0.1) is 0 Å².